The number of hydrogen-bond acceptors (Lipinski definition) is 5. The topological polar surface area (TPSA) is 64.4 Å². The number of hydrogen-bond donors (Lipinski definition) is 0. The quantitative estimate of drug-likeness (QED) is 0.637. The predicted octanol–water partition coefficient (Wildman–Crippen LogP) is 3.54. The smallest absolute Gasteiger partial charge is 0.343 e. The van der Waals surface area contributed by atoms with Gasteiger partial charge in [0.1, 0.15) is 6.61 Å². The summed E-state index contributed by atoms with van der Waals surface area (Å²) >= 11 is 1.41. The minimum atomic E-state index is -0.990. The van der Waals surface area contributed by atoms with Crippen molar-refractivity contribution in [2.45, 2.75) is 29.2 Å². The summed E-state index contributed by atoms with van der Waals surface area (Å²) < 4.78 is 7.38. The standard InChI is InChI=1S/C21H17N3O3S/c25-19-10-11-21(24(19)17-8-4-5-9-18(17)28-21)20(26)27-14-15-12-22-23(13-15)16-6-2-1-3-7-16/h1-9,12-13H,10-11,14H2/t21-/m0/s1. The van der Waals surface area contributed by atoms with Gasteiger partial charge in [-0.05, 0) is 24.3 Å². The lowest BCUT2D eigenvalue weighted by atomic mass is 10.2. The van der Waals surface area contributed by atoms with Gasteiger partial charge in [-0.3, -0.25) is 9.69 Å². The third kappa shape index (κ3) is 2.62. The van der Waals surface area contributed by atoms with Crippen LogP contribution in [0.15, 0.2) is 71.9 Å². The van der Waals surface area contributed by atoms with Gasteiger partial charge in [-0.15, -0.1) is 0 Å². The number of ether oxygens (including phenoxy) is 1. The second-order valence-corrected chi connectivity index (χ2v) is 8.11. The highest BCUT2D eigenvalue weighted by atomic mass is 32.2. The lowest BCUT2D eigenvalue weighted by Crippen LogP contribution is -2.47. The molecule has 0 spiro atoms. The number of esters is 1. The van der Waals surface area contributed by atoms with Crippen LogP contribution in [0.1, 0.15) is 18.4 Å². The van der Waals surface area contributed by atoms with Crippen molar-refractivity contribution in [1.82, 2.24) is 9.78 Å². The Bertz CT molecular complexity index is 1070. The highest BCUT2D eigenvalue weighted by Gasteiger charge is 2.58. The molecule has 1 fully saturated rings. The second-order valence-electron chi connectivity index (χ2n) is 6.79. The van der Waals surface area contributed by atoms with Crippen LogP contribution in [-0.2, 0) is 20.9 Å². The number of thioether (sulfide) groups is 1. The lowest BCUT2D eigenvalue weighted by molar-refractivity contribution is -0.148. The fraction of sp³-hybridized carbons (Fsp3) is 0.190. The van der Waals surface area contributed by atoms with Crippen molar-refractivity contribution in [1.29, 1.82) is 0 Å². The van der Waals surface area contributed by atoms with E-state index in [1.54, 1.807) is 15.8 Å². The van der Waals surface area contributed by atoms with Gasteiger partial charge in [0, 0.05) is 29.5 Å². The Morgan fingerprint density at radius 1 is 1.14 bits per heavy atom. The molecular weight excluding hydrogens is 374 g/mol. The van der Waals surface area contributed by atoms with E-state index in [-0.39, 0.29) is 18.5 Å². The number of nitrogens with zero attached hydrogens (tertiary/aromatic N) is 3. The summed E-state index contributed by atoms with van der Waals surface area (Å²) in [6, 6.07) is 17.3. The molecule has 140 valence electrons. The normalized spacial score (nSPS) is 20.1. The molecule has 1 atom stereocenters. The van der Waals surface area contributed by atoms with E-state index < -0.39 is 4.87 Å². The molecule has 6 nitrogen and oxygen atoms in total. The van der Waals surface area contributed by atoms with Crippen LogP contribution < -0.4 is 4.90 Å². The van der Waals surface area contributed by atoms with Crippen LogP contribution >= 0.6 is 11.8 Å². The first kappa shape index (κ1) is 17.1. The first-order valence-electron chi connectivity index (χ1n) is 9.05. The largest absolute Gasteiger partial charge is 0.458 e. The third-order valence-corrected chi connectivity index (χ3v) is 6.48. The Kier molecular flexibility index (Phi) is 3.98. The van der Waals surface area contributed by atoms with Crippen LogP contribution in [-0.4, -0.2) is 26.5 Å². The molecule has 1 aromatic heterocycles. The minimum absolute atomic E-state index is 0.0358. The number of benzene rings is 2. The van der Waals surface area contributed by atoms with Crippen LogP contribution in [0, 0.1) is 0 Å². The Balaban J connectivity index is 1.34. The van der Waals surface area contributed by atoms with Crippen molar-refractivity contribution >= 4 is 29.3 Å². The van der Waals surface area contributed by atoms with E-state index in [0.29, 0.717) is 12.8 Å². The van der Waals surface area contributed by atoms with Gasteiger partial charge in [-0.2, -0.15) is 5.10 Å². The SMILES string of the molecule is O=C1CC[C@@]2(C(=O)OCc3cnn(-c4ccccc4)c3)Sc3ccccc3N12. The van der Waals surface area contributed by atoms with Crippen molar-refractivity contribution in [3.8, 4) is 5.69 Å². The molecule has 3 aromatic rings. The maximum absolute atomic E-state index is 13.0. The van der Waals surface area contributed by atoms with Crippen molar-refractivity contribution in [2.24, 2.45) is 0 Å². The maximum atomic E-state index is 13.0. The molecule has 28 heavy (non-hydrogen) atoms. The average Bonchev–Trinajstić information content (AvgIpc) is 3.41. The number of para-hydroxylation sites is 2. The fourth-order valence-corrected chi connectivity index (χ4v) is 5.10. The molecule has 0 saturated carbocycles. The van der Waals surface area contributed by atoms with Gasteiger partial charge in [0.05, 0.1) is 17.6 Å². The molecule has 2 aliphatic rings. The van der Waals surface area contributed by atoms with Gasteiger partial charge >= 0.3 is 5.97 Å². The van der Waals surface area contributed by atoms with Gasteiger partial charge in [0.15, 0.2) is 4.87 Å². The molecule has 0 bridgehead atoms. The molecule has 0 unspecified atom stereocenters. The molecule has 3 heterocycles. The predicted molar refractivity (Wildman–Crippen MR) is 105 cm³/mol. The zero-order valence-corrected chi connectivity index (χ0v) is 15.8. The molecule has 2 aliphatic heterocycles. The van der Waals surface area contributed by atoms with Crippen LogP contribution in [0.25, 0.3) is 5.69 Å². The van der Waals surface area contributed by atoms with Crippen molar-refractivity contribution in [3.05, 3.63) is 72.6 Å². The number of fused-ring (bicyclic) bond motifs is 3. The average molecular weight is 391 g/mol. The van der Waals surface area contributed by atoms with Gasteiger partial charge in [0.2, 0.25) is 5.91 Å². The van der Waals surface area contributed by atoms with E-state index in [4.69, 9.17) is 4.74 Å². The first-order chi connectivity index (χ1) is 13.7. The number of amides is 1. The number of anilines is 1. The van der Waals surface area contributed by atoms with Crippen LogP contribution in [0.4, 0.5) is 5.69 Å². The second kappa shape index (κ2) is 6.53. The molecule has 1 amide bonds. The molecule has 0 radical (unpaired) electrons. The number of carbonyl (C=O) groups is 2. The summed E-state index contributed by atoms with van der Waals surface area (Å²) in [5, 5.41) is 4.33. The van der Waals surface area contributed by atoms with Crippen LogP contribution in [0.5, 0.6) is 0 Å². The van der Waals surface area contributed by atoms with Gasteiger partial charge in [-0.1, -0.05) is 42.1 Å². The monoisotopic (exact) mass is 391 g/mol. The zero-order valence-electron chi connectivity index (χ0n) is 14.9. The number of aromatic nitrogens is 2. The Hall–Kier alpha value is -3.06. The van der Waals surface area contributed by atoms with E-state index in [2.05, 4.69) is 5.10 Å². The van der Waals surface area contributed by atoms with Crippen molar-refractivity contribution < 1.29 is 14.3 Å². The van der Waals surface area contributed by atoms with Gasteiger partial charge in [-0.25, -0.2) is 9.48 Å². The van der Waals surface area contributed by atoms with Gasteiger partial charge in [0.25, 0.3) is 0 Å². The van der Waals surface area contributed by atoms with Gasteiger partial charge < -0.3 is 4.74 Å². The van der Waals surface area contributed by atoms with Crippen LogP contribution in [0.2, 0.25) is 0 Å². The zero-order chi connectivity index (χ0) is 19.1. The molecular formula is C21H17N3O3S. The summed E-state index contributed by atoms with van der Waals surface area (Å²) in [7, 11) is 0. The molecule has 7 heteroatoms. The van der Waals surface area contributed by atoms with Crippen molar-refractivity contribution in [3.63, 3.8) is 0 Å². The summed E-state index contributed by atoms with van der Waals surface area (Å²) in [6.07, 6.45) is 4.33. The first-order valence-corrected chi connectivity index (χ1v) is 9.86. The molecule has 0 N–H and O–H groups in total. The highest BCUT2D eigenvalue weighted by molar-refractivity contribution is 8.02. The molecule has 0 aliphatic carbocycles. The fourth-order valence-electron chi connectivity index (χ4n) is 3.69. The van der Waals surface area contributed by atoms with E-state index in [9.17, 15) is 9.59 Å². The Morgan fingerprint density at radius 3 is 2.79 bits per heavy atom. The van der Waals surface area contributed by atoms with E-state index in [0.717, 1.165) is 21.8 Å². The van der Waals surface area contributed by atoms with E-state index in [1.807, 2.05) is 60.8 Å². The summed E-state index contributed by atoms with van der Waals surface area (Å²) in [5.74, 6) is -0.418. The molecule has 2 aromatic carbocycles. The Morgan fingerprint density at radius 2 is 1.93 bits per heavy atom. The maximum Gasteiger partial charge on any atom is 0.343 e. The molecule has 1 saturated heterocycles. The minimum Gasteiger partial charge on any atom is -0.458 e. The summed E-state index contributed by atoms with van der Waals surface area (Å²) in [4.78, 5) is 27.1. The number of rotatable bonds is 4. The Labute approximate surface area is 166 Å². The highest BCUT2D eigenvalue weighted by Crippen LogP contribution is 2.56. The lowest BCUT2D eigenvalue weighted by Gasteiger charge is -2.28. The number of carbonyl (C=O) groups excluding carboxylic acids is 2. The van der Waals surface area contributed by atoms with E-state index >= 15 is 0 Å². The van der Waals surface area contributed by atoms with E-state index in [1.165, 1.54) is 11.8 Å². The summed E-state index contributed by atoms with van der Waals surface area (Å²) in [5.41, 5.74) is 2.53. The van der Waals surface area contributed by atoms with Crippen molar-refractivity contribution in [2.75, 3.05) is 4.90 Å². The third-order valence-electron chi connectivity index (χ3n) is 5.02. The summed E-state index contributed by atoms with van der Waals surface area (Å²) in [6.45, 7) is 0.117. The van der Waals surface area contributed by atoms with Crippen LogP contribution in [0.3, 0.4) is 0 Å². The molecule has 5 rings (SSSR count).